The summed E-state index contributed by atoms with van der Waals surface area (Å²) >= 11 is 0. The number of carbonyl (C=O) groups is 1. The molecule has 1 aliphatic heterocycles. The number of hydrogen-bond acceptors (Lipinski definition) is 2. The van der Waals surface area contributed by atoms with E-state index < -0.39 is 17.5 Å². The minimum atomic E-state index is -1.04. The van der Waals surface area contributed by atoms with E-state index in [-0.39, 0.29) is 5.56 Å². The normalized spacial score (nSPS) is 12.9. The molecule has 25 heavy (non-hydrogen) atoms. The third-order valence-corrected chi connectivity index (χ3v) is 4.34. The van der Waals surface area contributed by atoms with Crippen LogP contribution in [-0.2, 0) is 13.0 Å². The van der Waals surface area contributed by atoms with Gasteiger partial charge in [-0.15, -0.1) is 0 Å². The molecule has 1 amide bonds. The summed E-state index contributed by atoms with van der Waals surface area (Å²) in [5.41, 5.74) is 2.73. The Bertz CT molecular complexity index is 948. The number of fused-ring (bicyclic) bond motifs is 1. The van der Waals surface area contributed by atoms with Crippen LogP contribution in [0.5, 0.6) is 0 Å². The number of aromatic nitrogens is 2. The third-order valence-electron chi connectivity index (χ3n) is 4.34. The first-order valence-corrected chi connectivity index (χ1v) is 8.03. The summed E-state index contributed by atoms with van der Waals surface area (Å²) < 4.78 is 28.4. The van der Waals surface area contributed by atoms with Gasteiger partial charge in [0.15, 0.2) is 11.6 Å². The number of hydrogen-bond donors (Lipinski definition) is 1. The molecule has 0 fully saturated rings. The van der Waals surface area contributed by atoms with Crippen LogP contribution < -0.4 is 5.32 Å². The van der Waals surface area contributed by atoms with E-state index in [9.17, 15) is 13.6 Å². The van der Waals surface area contributed by atoms with Gasteiger partial charge >= 0.3 is 0 Å². The minimum Gasteiger partial charge on any atom is -0.328 e. The van der Waals surface area contributed by atoms with Gasteiger partial charge in [0.05, 0.1) is 11.9 Å². The predicted octanol–water partition coefficient (Wildman–Crippen LogP) is 4.03. The number of amides is 1. The lowest BCUT2D eigenvalue weighted by atomic mass is 10.1. The van der Waals surface area contributed by atoms with Gasteiger partial charge in [-0.3, -0.25) is 4.79 Å². The van der Waals surface area contributed by atoms with E-state index in [4.69, 9.17) is 0 Å². The minimum absolute atomic E-state index is 0.0663. The number of rotatable bonds is 3. The van der Waals surface area contributed by atoms with Gasteiger partial charge in [0.25, 0.3) is 5.91 Å². The first-order valence-electron chi connectivity index (χ1n) is 8.03. The van der Waals surface area contributed by atoms with Gasteiger partial charge in [-0.2, -0.15) is 0 Å². The van der Waals surface area contributed by atoms with Crippen molar-refractivity contribution in [2.75, 3.05) is 5.32 Å². The molecule has 1 aliphatic rings. The summed E-state index contributed by atoms with van der Waals surface area (Å²) in [6, 6.07) is 10.4. The Balaban J connectivity index is 1.52. The fourth-order valence-electron chi connectivity index (χ4n) is 3.05. The summed E-state index contributed by atoms with van der Waals surface area (Å²) in [6.45, 7) is 0.972. The maximum Gasteiger partial charge on any atom is 0.255 e. The van der Waals surface area contributed by atoms with Gasteiger partial charge in [-0.1, -0.05) is 12.1 Å². The molecule has 0 radical (unpaired) electrons. The molecule has 3 aromatic rings. The lowest BCUT2D eigenvalue weighted by Gasteiger charge is -2.08. The van der Waals surface area contributed by atoms with Crippen molar-refractivity contribution in [1.29, 1.82) is 0 Å². The topological polar surface area (TPSA) is 46.9 Å². The predicted molar refractivity (Wildman–Crippen MR) is 90.3 cm³/mol. The molecular formula is C19H15F2N3O. The Labute approximate surface area is 143 Å². The van der Waals surface area contributed by atoms with Crippen LogP contribution >= 0.6 is 0 Å². The van der Waals surface area contributed by atoms with Crippen molar-refractivity contribution in [1.82, 2.24) is 9.55 Å². The average molecular weight is 339 g/mol. The standard InChI is InChI=1S/C19H15F2N3O/c20-15-8-5-13(10-16(15)21)19(25)23-14-6-3-12(4-7-14)17-11-22-18-2-1-9-24(17)18/h3-8,10-11H,1-2,9H2,(H,23,25). The quantitative estimate of drug-likeness (QED) is 0.783. The number of halogens is 2. The maximum absolute atomic E-state index is 13.2. The van der Waals surface area contributed by atoms with Gasteiger partial charge in [-0.05, 0) is 42.3 Å². The molecule has 0 bridgehead atoms. The zero-order valence-electron chi connectivity index (χ0n) is 13.3. The Morgan fingerprint density at radius 2 is 1.88 bits per heavy atom. The number of carbonyl (C=O) groups excluding carboxylic acids is 1. The molecule has 2 aromatic carbocycles. The van der Waals surface area contributed by atoms with Crippen molar-refractivity contribution < 1.29 is 13.6 Å². The molecule has 2 heterocycles. The smallest absolute Gasteiger partial charge is 0.255 e. The first kappa shape index (κ1) is 15.5. The first-order chi connectivity index (χ1) is 12.1. The molecule has 4 rings (SSSR count). The van der Waals surface area contributed by atoms with Crippen molar-refractivity contribution >= 4 is 11.6 Å². The fourth-order valence-corrected chi connectivity index (χ4v) is 3.05. The lowest BCUT2D eigenvalue weighted by molar-refractivity contribution is 0.102. The van der Waals surface area contributed by atoms with Crippen molar-refractivity contribution in [3.63, 3.8) is 0 Å². The van der Waals surface area contributed by atoms with Gasteiger partial charge < -0.3 is 9.88 Å². The number of aryl methyl sites for hydroxylation is 1. The zero-order chi connectivity index (χ0) is 17.4. The second-order valence-electron chi connectivity index (χ2n) is 5.98. The molecule has 0 aliphatic carbocycles. The molecule has 0 saturated heterocycles. The van der Waals surface area contributed by atoms with Crippen LogP contribution in [0.2, 0.25) is 0 Å². The molecule has 4 nitrogen and oxygen atoms in total. The highest BCUT2D eigenvalue weighted by atomic mass is 19.2. The Morgan fingerprint density at radius 1 is 1.08 bits per heavy atom. The second kappa shape index (κ2) is 6.12. The molecule has 6 heteroatoms. The Kier molecular flexibility index (Phi) is 3.80. The van der Waals surface area contributed by atoms with Gasteiger partial charge in [0.2, 0.25) is 0 Å². The highest BCUT2D eigenvalue weighted by Crippen LogP contribution is 2.26. The SMILES string of the molecule is O=C(Nc1ccc(-c2cnc3n2CCC3)cc1)c1ccc(F)c(F)c1. The Hall–Kier alpha value is -3.02. The van der Waals surface area contributed by atoms with Crippen LogP contribution in [0.15, 0.2) is 48.7 Å². The summed E-state index contributed by atoms with van der Waals surface area (Å²) in [7, 11) is 0. The van der Waals surface area contributed by atoms with Crippen LogP contribution in [0.25, 0.3) is 11.3 Å². The van der Waals surface area contributed by atoms with Crippen molar-refractivity contribution in [3.05, 3.63) is 71.7 Å². The van der Waals surface area contributed by atoms with Crippen LogP contribution in [-0.4, -0.2) is 15.5 Å². The van der Waals surface area contributed by atoms with Crippen molar-refractivity contribution in [2.45, 2.75) is 19.4 Å². The summed E-state index contributed by atoms with van der Waals surface area (Å²) in [4.78, 5) is 16.6. The van der Waals surface area contributed by atoms with E-state index in [1.807, 2.05) is 18.3 Å². The molecule has 0 spiro atoms. The van der Waals surface area contributed by atoms with Gasteiger partial charge in [-0.25, -0.2) is 13.8 Å². The van der Waals surface area contributed by atoms with E-state index >= 15 is 0 Å². The zero-order valence-corrected chi connectivity index (χ0v) is 13.3. The fraction of sp³-hybridized carbons (Fsp3) is 0.158. The highest BCUT2D eigenvalue weighted by molar-refractivity contribution is 6.04. The third kappa shape index (κ3) is 2.91. The van der Waals surface area contributed by atoms with Gasteiger partial charge in [0, 0.05) is 24.2 Å². The summed E-state index contributed by atoms with van der Waals surface area (Å²) in [5.74, 6) is -1.41. The van der Waals surface area contributed by atoms with Crippen LogP contribution in [0, 0.1) is 11.6 Å². The van der Waals surface area contributed by atoms with E-state index in [0.29, 0.717) is 5.69 Å². The van der Waals surface area contributed by atoms with Crippen LogP contribution in [0.4, 0.5) is 14.5 Å². The number of benzene rings is 2. The number of anilines is 1. The number of imidazole rings is 1. The second-order valence-corrected chi connectivity index (χ2v) is 5.98. The van der Waals surface area contributed by atoms with Gasteiger partial charge in [0.1, 0.15) is 5.82 Å². The molecule has 1 aromatic heterocycles. The molecule has 126 valence electrons. The average Bonchev–Trinajstić information content (AvgIpc) is 3.21. The van der Waals surface area contributed by atoms with Crippen LogP contribution in [0.3, 0.4) is 0 Å². The van der Waals surface area contributed by atoms with E-state index in [0.717, 1.165) is 48.6 Å². The monoisotopic (exact) mass is 339 g/mol. The molecule has 0 unspecified atom stereocenters. The van der Waals surface area contributed by atoms with E-state index in [2.05, 4.69) is 14.9 Å². The number of nitrogens with zero attached hydrogens (tertiary/aromatic N) is 2. The molecule has 0 saturated carbocycles. The lowest BCUT2D eigenvalue weighted by Crippen LogP contribution is -2.12. The van der Waals surface area contributed by atoms with Crippen molar-refractivity contribution in [3.8, 4) is 11.3 Å². The Morgan fingerprint density at radius 3 is 2.64 bits per heavy atom. The van der Waals surface area contributed by atoms with E-state index in [1.165, 1.54) is 6.07 Å². The maximum atomic E-state index is 13.2. The summed E-state index contributed by atoms with van der Waals surface area (Å²) in [5, 5.41) is 2.68. The molecule has 1 N–H and O–H groups in total. The van der Waals surface area contributed by atoms with E-state index in [1.54, 1.807) is 12.1 Å². The number of nitrogens with one attached hydrogen (secondary N) is 1. The summed E-state index contributed by atoms with van der Waals surface area (Å²) in [6.07, 6.45) is 3.98. The van der Waals surface area contributed by atoms with Crippen molar-refractivity contribution in [2.24, 2.45) is 0 Å². The largest absolute Gasteiger partial charge is 0.328 e. The molecular weight excluding hydrogens is 324 g/mol. The molecule has 0 atom stereocenters. The highest BCUT2D eigenvalue weighted by Gasteiger charge is 2.16. The van der Waals surface area contributed by atoms with Crippen LogP contribution in [0.1, 0.15) is 22.6 Å².